The molecule has 0 spiro atoms. The molecule has 40 heavy (non-hydrogen) atoms. The number of carbonyl (C=O) groups is 2. The molecule has 0 saturated carbocycles. The average Bonchev–Trinajstić information content (AvgIpc) is 2.92. The SMILES string of the molecule is CC[C@@H](C)NC(=O)[C@H](CC)N(Cc1ccccc1Cl)C(=O)CN(c1cccc(C)c1)S(=O)(=O)c1ccc(C)cc1. The first-order valence-corrected chi connectivity index (χ1v) is 15.3. The Kier molecular flexibility index (Phi) is 10.8. The molecule has 1 N–H and O–H groups in total. The van der Waals surface area contributed by atoms with Gasteiger partial charge in [-0.2, -0.15) is 0 Å². The van der Waals surface area contributed by atoms with E-state index in [0.717, 1.165) is 21.9 Å². The molecule has 3 aromatic rings. The van der Waals surface area contributed by atoms with E-state index in [0.29, 0.717) is 22.7 Å². The van der Waals surface area contributed by atoms with Crippen LogP contribution in [0, 0.1) is 13.8 Å². The Morgan fingerprint density at radius 1 is 0.900 bits per heavy atom. The van der Waals surface area contributed by atoms with Crippen LogP contribution in [0.25, 0.3) is 0 Å². The predicted octanol–water partition coefficient (Wildman–Crippen LogP) is 5.87. The van der Waals surface area contributed by atoms with Gasteiger partial charge in [-0.05, 0) is 75.1 Å². The van der Waals surface area contributed by atoms with Gasteiger partial charge in [0, 0.05) is 17.6 Å². The third-order valence-corrected chi connectivity index (χ3v) is 9.02. The molecule has 0 aliphatic rings. The van der Waals surface area contributed by atoms with Gasteiger partial charge in [-0.25, -0.2) is 8.42 Å². The molecule has 2 amide bonds. The number of hydrogen-bond acceptors (Lipinski definition) is 4. The number of anilines is 1. The second kappa shape index (κ2) is 13.8. The first-order chi connectivity index (χ1) is 19.0. The predicted molar refractivity (Wildman–Crippen MR) is 161 cm³/mol. The van der Waals surface area contributed by atoms with Crippen molar-refractivity contribution in [2.45, 2.75) is 71.0 Å². The summed E-state index contributed by atoms with van der Waals surface area (Å²) in [6.07, 6.45) is 1.07. The van der Waals surface area contributed by atoms with Crippen LogP contribution in [0.1, 0.15) is 50.3 Å². The molecule has 0 bridgehead atoms. The molecule has 9 heteroatoms. The van der Waals surface area contributed by atoms with Crippen LogP contribution < -0.4 is 9.62 Å². The number of aryl methyl sites for hydroxylation is 2. The van der Waals surface area contributed by atoms with Gasteiger partial charge in [0.2, 0.25) is 11.8 Å². The third-order valence-electron chi connectivity index (χ3n) is 6.86. The summed E-state index contributed by atoms with van der Waals surface area (Å²) in [5, 5.41) is 3.43. The number of halogens is 1. The third kappa shape index (κ3) is 7.64. The minimum atomic E-state index is -4.11. The van der Waals surface area contributed by atoms with Crippen molar-refractivity contribution < 1.29 is 18.0 Å². The fourth-order valence-corrected chi connectivity index (χ4v) is 5.92. The van der Waals surface area contributed by atoms with E-state index >= 15 is 0 Å². The maximum atomic E-state index is 14.1. The van der Waals surface area contributed by atoms with E-state index in [4.69, 9.17) is 11.6 Å². The van der Waals surface area contributed by atoms with Crippen molar-refractivity contribution in [1.82, 2.24) is 10.2 Å². The van der Waals surface area contributed by atoms with E-state index in [1.165, 1.54) is 17.0 Å². The zero-order valence-electron chi connectivity index (χ0n) is 23.7. The van der Waals surface area contributed by atoms with Crippen molar-refractivity contribution in [2.75, 3.05) is 10.8 Å². The van der Waals surface area contributed by atoms with Crippen molar-refractivity contribution in [3.63, 3.8) is 0 Å². The zero-order valence-corrected chi connectivity index (χ0v) is 25.3. The van der Waals surface area contributed by atoms with Crippen LogP contribution in [0.2, 0.25) is 5.02 Å². The maximum Gasteiger partial charge on any atom is 0.264 e. The van der Waals surface area contributed by atoms with E-state index < -0.39 is 28.5 Å². The molecule has 3 rings (SSSR count). The van der Waals surface area contributed by atoms with Gasteiger partial charge in [0.15, 0.2) is 0 Å². The van der Waals surface area contributed by atoms with Crippen LogP contribution in [-0.2, 0) is 26.2 Å². The van der Waals surface area contributed by atoms with E-state index in [1.807, 2.05) is 46.8 Å². The van der Waals surface area contributed by atoms with Crippen LogP contribution in [-0.4, -0.2) is 43.8 Å². The number of nitrogens with zero attached hydrogens (tertiary/aromatic N) is 2. The van der Waals surface area contributed by atoms with Crippen molar-refractivity contribution in [1.29, 1.82) is 0 Å². The highest BCUT2D eigenvalue weighted by molar-refractivity contribution is 7.92. The lowest BCUT2D eigenvalue weighted by Gasteiger charge is -2.34. The van der Waals surface area contributed by atoms with Gasteiger partial charge in [0.05, 0.1) is 10.6 Å². The summed E-state index contributed by atoms with van der Waals surface area (Å²) >= 11 is 6.45. The molecule has 3 aromatic carbocycles. The Bertz CT molecular complexity index is 1430. The molecule has 0 saturated heterocycles. The quantitative estimate of drug-likeness (QED) is 0.289. The highest BCUT2D eigenvalue weighted by Crippen LogP contribution is 2.26. The minimum absolute atomic E-state index is 0.0528. The molecular formula is C31H38ClN3O4S. The van der Waals surface area contributed by atoms with Crippen molar-refractivity contribution >= 4 is 39.1 Å². The lowest BCUT2D eigenvalue weighted by Crippen LogP contribution is -2.53. The van der Waals surface area contributed by atoms with Crippen molar-refractivity contribution in [3.8, 4) is 0 Å². The molecule has 0 fully saturated rings. The number of rotatable bonds is 12. The molecule has 0 aromatic heterocycles. The van der Waals surface area contributed by atoms with Crippen LogP contribution in [0.5, 0.6) is 0 Å². The van der Waals surface area contributed by atoms with Crippen LogP contribution in [0.3, 0.4) is 0 Å². The van der Waals surface area contributed by atoms with E-state index in [1.54, 1.807) is 48.5 Å². The zero-order chi connectivity index (χ0) is 29.4. The van der Waals surface area contributed by atoms with Gasteiger partial charge < -0.3 is 10.2 Å². The normalized spacial score (nSPS) is 12.8. The van der Waals surface area contributed by atoms with Crippen molar-refractivity contribution in [3.05, 3.63) is 94.5 Å². The fraction of sp³-hybridized carbons (Fsp3) is 0.355. The lowest BCUT2D eigenvalue weighted by molar-refractivity contribution is -0.140. The highest BCUT2D eigenvalue weighted by atomic mass is 35.5. The molecule has 0 unspecified atom stereocenters. The summed E-state index contributed by atoms with van der Waals surface area (Å²) in [7, 11) is -4.11. The van der Waals surface area contributed by atoms with Crippen LogP contribution in [0.4, 0.5) is 5.69 Å². The monoisotopic (exact) mass is 583 g/mol. The van der Waals surface area contributed by atoms with Gasteiger partial charge in [-0.15, -0.1) is 0 Å². The number of amides is 2. The number of sulfonamides is 1. The van der Waals surface area contributed by atoms with Gasteiger partial charge in [-0.3, -0.25) is 13.9 Å². The van der Waals surface area contributed by atoms with Crippen molar-refractivity contribution in [2.24, 2.45) is 0 Å². The van der Waals surface area contributed by atoms with Crippen LogP contribution >= 0.6 is 11.6 Å². The first kappa shape index (κ1) is 31.2. The first-order valence-electron chi connectivity index (χ1n) is 13.5. The highest BCUT2D eigenvalue weighted by Gasteiger charge is 2.34. The molecular weight excluding hydrogens is 546 g/mol. The second-order valence-corrected chi connectivity index (χ2v) is 12.3. The summed E-state index contributed by atoms with van der Waals surface area (Å²) in [5.74, 6) is -0.802. The fourth-order valence-electron chi connectivity index (χ4n) is 4.32. The maximum absolute atomic E-state index is 14.1. The lowest BCUT2D eigenvalue weighted by atomic mass is 10.1. The van der Waals surface area contributed by atoms with Gasteiger partial charge in [0.1, 0.15) is 12.6 Å². The Morgan fingerprint density at radius 2 is 1.57 bits per heavy atom. The van der Waals surface area contributed by atoms with E-state index in [-0.39, 0.29) is 23.4 Å². The number of benzene rings is 3. The Hall–Kier alpha value is -3.36. The number of hydrogen-bond donors (Lipinski definition) is 1. The molecule has 7 nitrogen and oxygen atoms in total. The summed E-state index contributed by atoms with van der Waals surface area (Å²) in [6.45, 7) is 8.99. The summed E-state index contributed by atoms with van der Waals surface area (Å²) in [4.78, 5) is 29.0. The van der Waals surface area contributed by atoms with Gasteiger partial charge >= 0.3 is 0 Å². The molecule has 0 heterocycles. The number of nitrogens with one attached hydrogen (secondary N) is 1. The van der Waals surface area contributed by atoms with E-state index in [9.17, 15) is 18.0 Å². The Morgan fingerprint density at radius 3 is 2.17 bits per heavy atom. The molecule has 0 aliphatic carbocycles. The van der Waals surface area contributed by atoms with E-state index in [2.05, 4.69) is 5.32 Å². The summed E-state index contributed by atoms with van der Waals surface area (Å²) in [6, 6.07) is 19.7. The number of carbonyl (C=O) groups excluding carboxylic acids is 2. The Labute approximate surface area is 243 Å². The van der Waals surface area contributed by atoms with Gasteiger partial charge in [0.25, 0.3) is 10.0 Å². The standard InChI is InChI=1S/C31H38ClN3O4S/c1-6-24(5)33-31(37)29(7-2)34(20-25-12-8-9-14-28(25)32)30(36)21-35(26-13-10-11-23(4)19-26)40(38,39)27-17-15-22(3)16-18-27/h8-19,24,29H,6-7,20-21H2,1-5H3,(H,33,37)/t24-,29+/m1/s1. The Balaban J connectivity index is 2.07. The summed E-state index contributed by atoms with van der Waals surface area (Å²) in [5.41, 5.74) is 2.79. The van der Waals surface area contributed by atoms with Gasteiger partial charge in [-0.1, -0.05) is 73.5 Å². The molecule has 2 atom stereocenters. The average molecular weight is 584 g/mol. The second-order valence-electron chi connectivity index (χ2n) is 10.0. The smallest absolute Gasteiger partial charge is 0.264 e. The molecule has 0 radical (unpaired) electrons. The molecule has 0 aliphatic heterocycles. The summed E-state index contributed by atoms with van der Waals surface area (Å²) < 4.78 is 29.0. The largest absolute Gasteiger partial charge is 0.352 e. The minimum Gasteiger partial charge on any atom is -0.352 e. The topological polar surface area (TPSA) is 86.8 Å². The molecule has 214 valence electrons. The van der Waals surface area contributed by atoms with Crippen LogP contribution in [0.15, 0.2) is 77.7 Å².